The maximum absolute atomic E-state index is 13.8. The summed E-state index contributed by atoms with van der Waals surface area (Å²) >= 11 is 0. The molecule has 3 aliphatic rings. The van der Waals surface area contributed by atoms with E-state index in [1.807, 2.05) is 33.0 Å². The van der Waals surface area contributed by atoms with Crippen LogP contribution in [-0.2, 0) is 14.3 Å². The van der Waals surface area contributed by atoms with Crippen LogP contribution >= 0.6 is 0 Å². The fourth-order valence-corrected chi connectivity index (χ4v) is 5.26. The van der Waals surface area contributed by atoms with Crippen molar-refractivity contribution in [2.24, 2.45) is 0 Å². The lowest BCUT2D eigenvalue weighted by Crippen LogP contribution is -2.57. The van der Waals surface area contributed by atoms with Crippen LogP contribution in [0.2, 0.25) is 0 Å². The van der Waals surface area contributed by atoms with Gasteiger partial charge in [-0.2, -0.15) is 9.61 Å². The number of hydrogen-bond acceptors (Lipinski definition) is 7. The van der Waals surface area contributed by atoms with Gasteiger partial charge in [-0.3, -0.25) is 9.69 Å². The zero-order chi connectivity index (χ0) is 29.6. The second-order valence-corrected chi connectivity index (χ2v) is 12.5. The van der Waals surface area contributed by atoms with Gasteiger partial charge in [-0.15, -0.1) is 0 Å². The lowest BCUT2D eigenvalue weighted by molar-refractivity contribution is -0.139. The van der Waals surface area contributed by atoms with Gasteiger partial charge in [0.2, 0.25) is 0 Å². The maximum Gasteiger partial charge on any atom is 0.416 e. The number of ether oxygens (including phenoxy) is 2. The zero-order valence-electron chi connectivity index (χ0n) is 24.4. The van der Waals surface area contributed by atoms with Gasteiger partial charge >= 0.3 is 12.2 Å². The molecule has 1 saturated carbocycles. The van der Waals surface area contributed by atoms with Crippen LogP contribution in [-0.4, -0.2) is 86.4 Å². The monoisotopic (exact) mass is 570 g/mol. The van der Waals surface area contributed by atoms with Crippen LogP contribution in [0.5, 0.6) is 0 Å². The molecule has 2 aliphatic heterocycles. The third-order valence-corrected chi connectivity index (χ3v) is 7.68. The fraction of sp³-hybridized carbons (Fsp3) is 0.621. The number of rotatable bonds is 6. The van der Waals surface area contributed by atoms with Crippen LogP contribution < -0.4 is 4.90 Å². The van der Waals surface area contributed by atoms with Crippen molar-refractivity contribution in [2.45, 2.75) is 89.9 Å². The van der Waals surface area contributed by atoms with Gasteiger partial charge in [0.25, 0.3) is 5.91 Å². The predicted octanol–water partition coefficient (Wildman–Crippen LogP) is 4.77. The van der Waals surface area contributed by atoms with Crippen molar-refractivity contribution in [3.05, 3.63) is 35.9 Å². The smallest absolute Gasteiger partial charge is 0.416 e. The van der Waals surface area contributed by atoms with Gasteiger partial charge in [-0.25, -0.2) is 19.0 Å². The Kier molecular flexibility index (Phi) is 7.69. The van der Waals surface area contributed by atoms with Crippen molar-refractivity contribution in [3.8, 4) is 0 Å². The highest BCUT2D eigenvalue weighted by atomic mass is 19.1. The van der Waals surface area contributed by atoms with E-state index >= 15 is 0 Å². The van der Waals surface area contributed by atoms with Crippen molar-refractivity contribution in [3.63, 3.8) is 0 Å². The van der Waals surface area contributed by atoms with E-state index in [0.717, 1.165) is 29.7 Å². The summed E-state index contributed by atoms with van der Waals surface area (Å²) in [6, 6.07) is 1.72. The van der Waals surface area contributed by atoms with Crippen LogP contribution in [0.3, 0.4) is 0 Å². The topological polar surface area (TPSA) is 110 Å². The van der Waals surface area contributed by atoms with Crippen LogP contribution in [0.1, 0.15) is 83.4 Å². The zero-order valence-corrected chi connectivity index (χ0v) is 24.4. The minimum Gasteiger partial charge on any atom is -0.443 e. The van der Waals surface area contributed by atoms with Crippen molar-refractivity contribution in [1.82, 2.24) is 24.4 Å². The highest BCUT2D eigenvalue weighted by molar-refractivity contribution is 5.91. The number of anilines is 1. The molecule has 41 heavy (non-hydrogen) atoms. The van der Waals surface area contributed by atoms with Gasteiger partial charge in [0, 0.05) is 42.4 Å². The molecule has 2 aromatic heterocycles. The predicted molar refractivity (Wildman–Crippen MR) is 149 cm³/mol. The van der Waals surface area contributed by atoms with E-state index in [0.29, 0.717) is 37.7 Å². The first-order valence-corrected chi connectivity index (χ1v) is 14.3. The van der Waals surface area contributed by atoms with E-state index in [4.69, 9.17) is 14.5 Å². The average Bonchev–Trinajstić information content (AvgIpc) is 3.63. The minimum absolute atomic E-state index is 0.139. The van der Waals surface area contributed by atoms with Crippen molar-refractivity contribution in [1.29, 1.82) is 0 Å². The third kappa shape index (κ3) is 6.15. The first-order valence-electron chi connectivity index (χ1n) is 14.3. The van der Waals surface area contributed by atoms with Gasteiger partial charge in [-0.1, -0.05) is 20.4 Å². The van der Waals surface area contributed by atoms with Crippen LogP contribution in [0.4, 0.5) is 19.8 Å². The molecule has 0 aromatic carbocycles. The van der Waals surface area contributed by atoms with E-state index in [1.165, 1.54) is 4.90 Å². The molecule has 0 atom stereocenters. The lowest BCUT2D eigenvalue weighted by Gasteiger charge is -2.41. The average molecular weight is 571 g/mol. The number of carbonyl (C=O) groups is 3. The molecule has 11 nitrogen and oxygen atoms in total. The van der Waals surface area contributed by atoms with Gasteiger partial charge in [0.05, 0.1) is 19.3 Å². The molecule has 0 unspecified atom stereocenters. The van der Waals surface area contributed by atoms with E-state index in [-0.39, 0.29) is 25.0 Å². The number of halogens is 1. The second-order valence-electron chi connectivity index (χ2n) is 12.5. The normalized spacial score (nSPS) is 18.4. The highest BCUT2D eigenvalue weighted by Crippen LogP contribution is 2.41. The number of hydrogen-bond donors (Lipinski definition) is 0. The Balaban J connectivity index is 1.34. The van der Waals surface area contributed by atoms with Crippen molar-refractivity contribution < 1.29 is 28.2 Å². The van der Waals surface area contributed by atoms with Crippen molar-refractivity contribution >= 4 is 29.6 Å². The molecule has 1 aliphatic carbocycles. The van der Waals surface area contributed by atoms with E-state index in [2.05, 4.69) is 25.5 Å². The number of aromatic nitrogens is 3. The number of amides is 3. The lowest BCUT2D eigenvalue weighted by atomic mass is 10.0. The Labute approximate surface area is 239 Å². The summed E-state index contributed by atoms with van der Waals surface area (Å²) in [5, 5.41) is 4.64. The maximum atomic E-state index is 13.8. The Hall–Kier alpha value is -3.70. The summed E-state index contributed by atoms with van der Waals surface area (Å²) in [6.45, 7) is 13.7. The van der Waals surface area contributed by atoms with Gasteiger partial charge < -0.3 is 19.3 Å². The van der Waals surface area contributed by atoms with Crippen LogP contribution in [0, 0.1) is 0 Å². The molecule has 0 bridgehead atoms. The second kappa shape index (κ2) is 10.9. The molecule has 0 N–H and O–H groups in total. The Bertz CT molecular complexity index is 1350. The molecule has 3 fully saturated rings. The fourth-order valence-electron chi connectivity index (χ4n) is 5.26. The summed E-state index contributed by atoms with van der Waals surface area (Å²) in [5.74, 6) is -0.617. The first kappa shape index (κ1) is 28.8. The summed E-state index contributed by atoms with van der Waals surface area (Å²) in [7, 11) is 0. The highest BCUT2D eigenvalue weighted by Gasteiger charge is 2.39. The molecule has 4 heterocycles. The third-order valence-electron chi connectivity index (χ3n) is 7.68. The molecule has 2 aromatic rings. The van der Waals surface area contributed by atoms with E-state index in [9.17, 15) is 18.8 Å². The molecule has 0 spiro atoms. The number of likely N-dealkylation sites (tertiary alicyclic amines) is 2. The minimum atomic E-state index is -1.03. The largest absolute Gasteiger partial charge is 0.443 e. The summed E-state index contributed by atoms with van der Waals surface area (Å²) < 4.78 is 26.2. The molecule has 2 saturated heterocycles. The molecule has 12 heteroatoms. The van der Waals surface area contributed by atoms with Crippen molar-refractivity contribution in [2.75, 3.05) is 31.1 Å². The number of fused-ring (bicyclic) bond motifs is 1. The molecule has 0 radical (unpaired) electrons. The summed E-state index contributed by atoms with van der Waals surface area (Å²) in [4.78, 5) is 47.7. The summed E-state index contributed by atoms with van der Waals surface area (Å²) in [6.07, 6.45) is 3.52. The number of carbonyl (C=O) groups excluding carboxylic acids is 3. The first-order chi connectivity index (χ1) is 19.3. The molecule has 3 amide bonds. The Morgan fingerprint density at radius 3 is 2.32 bits per heavy atom. The number of piperidine rings is 1. The van der Waals surface area contributed by atoms with E-state index < -0.39 is 35.6 Å². The van der Waals surface area contributed by atoms with Gasteiger partial charge in [-0.05, 0) is 52.4 Å². The standard InChI is InChI=1S/C29H39FN6O5/c1-17(2)22-14-31-36-24(13-23(19-7-8-19)32-25(22)36)35(28(39)41-29(4,5)6)20-9-11-33(12-10-20)27(38)40-21-15-34(16-21)26(37)18(3)30/h13-14,17,19-21H,3,7-12,15-16H2,1-2,4-6H3. The molecular formula is C29H39FN6O5. The quantitative estimate of drug-likeness (QED) is 0.461. The summed E-state index contributed by atoms with van der Waals surface area (Å²) in [5.41, 5.74) is 2.01. The Morgan fingerprint density at radius 2 is 1.76 bits per heavy atom. The van der Waals surface area contributed by atoms with Crippen LogP contribution in [0.25, 0.3) is 5.65 Å². The van der Waals surface area contributed by atoms with Gasteiger partial charge in [0.15, 0.2) is 11.5 Å². The van der Waals surface area contributed by atoms with Gasteiger partial charge in [0.1, 0.15) is 17.5 Å². The van der Waals surface area contributed by atoms with Crippen LogP contribution in [0.15, 0.2) is 24.7 Å². The molecule has 5 rings (SSSR count). The van der Waals surface area contributed by atoms with E-state index in [1.54, 1.807) is 14.3 Å². The molecular weight excluding hydrogens is 531 g/mol. The Morgan fingerprint density at radius 1 is 1.10 bits per heavy atom. The molecule has 222 valence electrons. The number of nitrogens with zero attached hydrogens (tertiary/aromatic N) is 6. The SMILES string of the molecule is C=C(F)C(=O)N1CC(OC(=O)N2CCC(N(C(=O)OC(C)(C)C)c3cc(C4CC4)nc4c(C(C)C)cnn34)CC2)C1.